The van der Waals surface area contributed by atoms with Crippen LogP contribution in [0.3, 0.4) is 0 Å². The van der Waals surface area contributed by atoms with Crippen molar-refractivity contribution in [3.8, 4) is 0 Å². The van der Waals surface area contributed by atoms with Gasteiger partial charge in [-0.3, -0.25) is 0 Å². The lowest BCUT2D eigenvalue weighted by Crippen LogP contribution is -2.16. The Morgan fingerprint density at radius 1 is 1.23 bits per heavy atom. The molecule has 0 aromatic heterocycles. The number of hydrogen-bond donors (Lipinski definition) is 1. The van der Waals surface area contributed by atoms with Crippen LogP contribution in [-0.4, -0.2) is 0 Å². The second kappa shape index (κ2) is 3.07. The smallest absolute Gasteiger partial charge is 0.130 e. The van der Waals surface area contributed by atoms with E-state index in [2.05, 4.69) is 0 Å². The third kappa shape index (κ3) is 1.56. The van der Waals surface area contributed by atoms with Gasteiger partial charge in [-0.15, -0.1) is 0 Å². The number of nitrogens with two attached hydrogens (primary N) is 1. The average Bonchev–Trinajstić information content (AvgIpc) is 2.85. The number of halogens is 2. The topological polar surface area (TPSA) is 26.0 Å². The zero-order valence-corrected chi connectivity index (χ0v) is 7.13. The quantitative estimate of drug-likeness (QED) is 0.748. The van der Waals surface area contributed by atoms with E-state index in [1.807, 2.05) is 0 Å². The van der Waals surface area contributed by atoms with E-state index in [1.165, 1.54) is 18.2 Å². The maximum atomic E-state index is 13.2. The Morgan fingerprint density at radius 3 is 2.23 bits per heavy atom. The molecule has 13 heavy (non-hydrogen) atoms. The van der Waals surface area contributed by atoms with Crippen LogP contribution >= 0.6 is 0 Å². The molecule has 1 aliphatic carbocycles. The predicted octanol–water partition coefficient (Wildman–Crippen LogP) is 2.37. The maximum Gasteiger partial charge on any atom is 0.130 e. The summed E-state index contributed by atoms with van der Waals surface area (Å²) >= 11 is 0. The second-order valence-electron chi connectivity index (χ2n) is 3.50. The van der Waals surface area contributed by atoms with Gasteiger partial charge in [-0.2, -0.15) is 0 Å². The fourth-order valence-corrected chi connectivity index (χ4v) is 1.52. The Hall–Kier alpha value is -0.960. The lowest BCUT2D eigenvalue weighted by atomic mass is 10.0. The van der Waals surface area contributed by atoms with Crippen molar-refractivity contribution < 1.29 is 8.78 Å². The van der Waals surface area contributed by atoms with Gasteiger partial charge in [-0.1, -0.05) is 6.07 Å². The van der Waals surface area contributed by atoms with Crippen LogP contribution in [0.4, 0.5) is 8.78 Å². The highest BCUT2D eigenvalue weighted by Gasteiger charge is 2.32. The Morgan fingerprint density at radius 2 is 1.77 bits per heavy atom. The minimum Gasteiger partial charge on any atom is -0.324 e. The van der Waals surface area contributed by atoms with Gasteiger partial charge in [0.05, 0.1) is 0 Å². The van der Waals surface area contributed by atoms with E-state index in [1.54, 1.807) is 0 Å². The predicted molar refractivity (Wildman–Crippen MR) is 46.0 cm³/mol. The van der Waals surface area contributed by atoms with Crippen LogP contribution in [0.25, 0.3) is 0 Å². The SMILES string of the molecule is N[C@H](c1c(F)cccc1F)C1CC1. The van der Waals surface area contributed by atoms with Gasteiger partial charge in [-0.05, 0) is 30.9 Å². The van der Waals surface area contributed by atoms with Gasteiger partial charge in [0.25, 0.3) is 0 Å². The highest BCUT2D eigenvalue weighted by atomic mass is 19.1. The molecule has 0 saturated heterocycles. The Bertz CT molecular complexity index is 300. The molecular formula is C10H11F2N. The van der Waals surface area contributed by atoms with Crippen molar-refractivity contribution in [2.45, 2.75) is 18.9 Å². The summed E-state index contributed by atoms with van der Waals surface area (Å²) in [5.74, 6) is -0.787. The molecule has 1 nitrogen and oxygen atoms in total. The standard InChI is InChI=1S/C10H11F2N/c11-7-2-1-3-8(12)9(7)10(13)6-4-5-6/h1-3,6,10H,4-5,13H2/t10-/m0/s1. The summed E-state index contributed by atoms with van der Waals surface area (Å²) in [5, 5.41) is 0. The van der Waals surface area contributed by atoms with Crippen molar-refractivity contribution in [1.29, 1.82) is 0 Å². The summed E-state index contributed by atoms with van der Waals surface area (Å²) < 4.78 is 26.3. The largest absolute Gasteiger partial charge is 0.324 e. The van der Waals surface area contributed by atoms with Crippen molar-refractivity contribution in [1.82, 2.24) is 0 Å². The molecule has 1 atom stereocenters. The van der Waals surface area contributed by atoms with E-state index in [-0.39, 0.29) is 11.5 Å². The maximum absolute atomic E-state index is 13.2. The van der Waals surface area contributed by atoms with Gasteiger partial charge in [0.2, 0.25) is 0 Å². The van der Waals surface area contributed by atoms with E-state index in [0.717, 1.165) is 12.8 Å². The minimum atomic E-state index is -0.528. The monoisotopic (exact) mass is 183 g/mol. The first-order chi connectivity index (χ1) is 6.20. The summed E-state index contributed by atoms with van der Waals surface area (Å²) in [4.78, 5) is 0. The fourth-order valence-electron chi connectivity index (χ4n) is 1.52. The van der Waals surface area contributed by atoms with Crippen LogP contribution in [0.15, 0.2) is 18.2 Å². The van der Waals surface area contributed by atoms with Crippen LogP contribution in [0, 0.1) is 17.6 Å². The van der Waals surface area contributed by atoms with Crippen LogP contribution in [0.2, 0.25) is 0 Å². The molecule has 2 N–H and O–H groups in total. The van der Waals surface area contributed by atoms with Crippen molar-refractivity contribution in [2.24, 2.45) is 11.7 Å². The Balaban J connectivity index is 2.36. The average molecular weight is 183 g/mol. The number of hydrogen-bond acceptors (Lipinski definition) is 1. The molecule has 1 saturated carbocycles. The molecule has 3 heteroatoms. The first-order valence-electron chi connectivity index (χ1n) is 4.39. The Kier molecular flexibility index (Phi) is 2.04. The van der Waals surface area contributed by atoms with Crippen molar-refractivity contribution in [2.75, 3.05) is 0 Å². The summed E-state index contributed by atoms with van der Waals surface area (Å²) in [7, 11) is 0. The number of rotatable bonds is 2. The number of benzene rings is 1. The molecule has 1 aliphatic rings. The van der Waals surface area contributed by atoms with Crippen LogP contribution in [-0.2, 0) is 0 Å². The molecule has 0 bridgehead atoms. The molecule has 1 aromatic carbocycles. The molecule has 70 valence electrons. The first kappa shape index (κ1) is 8.63. The summed E-state index contributed by atoms with van der Waals surface area (Å²) in [6.45, 7) is 0. The zero-order chi connectivity index (χ0) is 9.42. The molecule has 0 aliphatic heterocycles. The molecular weight excluding hydrogens is 172 g/mol. The summed E-state index contributed by atoms with van der Waals surface area (Å²) in [6, 6.07) is 3.39. The van der Waals surface area contributed by atoms with E-state index in [4.69, 9.17) is 5.73 Å². The molecule has 0 heterocycles. The second-order valence-corrected chi connectivity index (χ2v) is 3.50. The molecule has 1 fully saturated rings. The lowest BCUT2D eigenvalue weighted by Gasteiger charge is -2.12. The molecule has 0 spiro atoms. The third-order valence-electron chi connectivity index (χ3n) is 2.46. The molecule has 0 unspecified atom stereocenters. The Labute approximate surface area is 75.6 Å². The van der Waals surface area contributed by atoms with Crippen LogP contribution in [0.5, 0.6) is 0 Å². The zero-order valence-electron chi connectivity index (χ0n) is 7.13. The fraction of sp³-hybridized carbons (Fsp3) is 0.400. The van der Waals surface area contributed by atoms with E-state index >= 15 is 0 Å². The molecule has 2 rings (SSSR count). The summed E-state index contributed by atoms with van der Waals surface area (Å²) in [6.07, 6.45) is 1.96. The van der Waals surface area contributed by atoms with E-state index in [0.29, 0.717) is 0 Å². The highest BCUT2D eigenvalue weighted by Crippen LogP contribution is 2.40. The lowest BCUT2D eigenvalue weighted by molar-refractivity contribution is 0.503. The van der Waals surface area contributed by atoms with Crippen molar-refractivity contribution in [3.05, 3.63) is 35.4 Å². The normalized spacial score (nSPS) is 18.7. The van der Waals surface area contributed by atoms with Gasteiger partial charge in [-0.25, -0.2) is 8.78 Å². The van der Waals surface area contributed by atoms with Gasteiger partial charge >= 0.3 is 0 Å². The third-order valence-corrected chi connectivity index (χ3v) is 2.46. The van der Waals surface area contributed by atoms with Gasteiger partial charge < -0.3 is 5.73 Å². The van der Waals surface area contributed by atoms with Crippen molar-refractivity contribution in [3.63, 3.8) is 0 Å². The van der Waals surface area contributed by atoms with Gasteiger partial charge in [0.1, 0.15) is 11.6 Å². The van der Waals surface area contributed by atoms with Crippen LogP contribution in [0.1, 0.15) is 24.4 Å². The van der Waals surface area contributed by atoms with Gasteiger partial charge in [0.15, 0.2) is 0 Å². The van der Waals surface area contributed by atoms with E-state index in [9.17, 15) is 8.78 Å². The highest BCUT2D eigenvalue weighted by molar-refractivity contribution is 5.24. The van der Waals surface area contributed by atoms with Gasteiger partial charge in [0, 0.05) is 11.6 Å². The van der Waals surface area contributed by atoms with Crippen molar-refractivity contribution >= 4 is 0 Å². The minimum absolute atomic E-state index is 0.0463. The molecule has 1 aromatic rings. The summed E-state index contributed by atoms with van der Waals surface area (Å²) in [5.41, 5.74) is 5.77. The van der Waals surface area contributed by atoms with Crippen LogP contribution < -0.4 is 5.73 Å². The molecule has 0 amide bonds. The van der Waals surface area contributed by atoms with E-state index < -0.39 is 17.7 Å². The first-order valence-corrected chi connectivity index (χ1v) is 4.39. The molecule has 0 radical (unpaired) electrons.